The van der Waals surface area contributed by atoms with Crippen LogP contribution < -0.4 is 4.74 Å². The van der Waals surface area contributed by atoms with Crippen LogP contribution in [0.25, 0.3) is 28.4 Å². The lowest BCUT2D eigenvalue weighted by atomic mass is 10.1. The first-order valence-electron chi connectivity index (χ1n) is 10.3. The van der Waals surface area contributed by atoms with Crippen molar-refractivity contribution in [2.45, 2.75) is 18.9 Å². The van der Waals surface area contributed by atoms with E-state index in [0.29, 0.717) is 36.2 Å². The third-order valence-corrected chi connectivity index (χ3v) is 5.23. The molecule has 10 nitrogen and oxygen atoms in total. The molecule has 5 rings (SSSR count). The van der Waals surface area contributed by atoms with E-state index in [9.17, 15) is 0 Å². The van der Waals surface area contributed by atoms with Gasteiger partial charge in [0, 0.05) is 26.5 Å². The zero-order valence-corrected chi connectivity index (χ0v) is 17.2. The summed E-state index contributed by atoms with van der Waals surface area (Å²) < 4.78 is 19.7. The maximum atomic E-state index is 5.62. The van der Waals surface area contributed by atoms with Crippen LogP contribution in [0.1, 0.15) is 18.9 Å². The van der Waals surface area contributed by atoms with Crippen LogP contribution in [-0.2, 0) is 9.47 Å². The summed E-state index contributed by atoms with van der Waals surface area (Å²) in [4.78, 5) is 9.14. The normalized spacial score (nSPS) is 14.9. The minimum absolute atomic E-state index is 0.350. The summed E-state index contributed by atoms with van der Waals surface area (Å²) in [5.41, 5.74) is 2.80. The van der Waals surface area contributed by atoms with Crippen LogP contribution >= 0.6 is 0 Å². The third-order valence-electron chi connectivity index (χ3n) is 5.23. The molecule has 160 valence electrons. The summed E-state index contributed by atoms with van der Waals surface area (Å²) in [5.74, 6) is 1.31. The Hall–Kier alpha value is -3.37. The second-order valence-corrected chi connectivity index (χ2v) is 7.26. The fourth-order valence-electron chi connectivity index (χ4n) is 3.56. The predicted octanol–water partition coefficient (Wildman–Crippen LogP) is 2.45. The van der Waals surface area contributed by atoms with Gasteiger partial charge in [-0.2, -0.15) is 9.78 Å². The van der Waals surface area contributed by atoms with Crippen molar-refractivity contribution < 1.29 is 14.2 Å². The van der Waals surface area contributed by atoms with Gasteiger partial charge in [0.1, 0.15) is 18.1 Å². The van der Waals surface area contributed by atoms with Crippen LogP contribution in [0.4, 0.5) is 0 Å². The molecule has 0 radical (unpaired) electrons. The Bertz CT molecular complexity index is 1150. The number of nitrogens with zero attached hydrogens (tertiary/aromatic N) is 7. The molecule has 0 atom stereocenters. The van der Waals surface area contributed by atoms with Crippen LogP contribution in [-0.4, -0.2) is 68.3 Å². The van der Waals surface area contributed by atoms with E-state index in [1.165, 1.54) is 0 Å². The van der Waals surface area contributed by atoms with E-state index in [4.69, 9.17) is 24.3 Å². The molecule has 0 bridgehead atoms. The molecule has 1 fully saturated rings. The minimum Gasteiger partial charge on any atom is -0.491 e. The number of hydrogen-bond acceptors (Lipinski definition) is 8. The first-order chi connectivity index (χ1) is 15.3. The number of fused-ring (bicyclic) bond motifs is 1. The second-order valence-electron chi connectivity index (χ2n) is 7.26. The zero-order valence-electron chi connectivity index (χ0n) is 17.2. The topological polar surface area (TPSA) is 102 Å². The van der Waals surface area contributed by atoms with E-state index in [1.807, 2.05) is 41.2 Å². The maximum Gasteiger partial charge on any atom is 0.187 e. The molecule has 1 aliphatic rings. The monoisotopic (exact) mass is 421 g/mol. The van der Waals surface area contributed by atoms with Crippen molar-refractivity contribution in [1.82, 2.24) is 34.7 Å². The molecule has 3 aromatic heterocycles. The van der Waals surface area contributed by atoms with E-state index in [0.717, 1.165) is 43.2 Å². The van der Waals surface area contributed by atoms with Crippen LogP contribution in [0.2, 0.25) is 0 Å². The number of ether oxygens (including phenoxy) is 3. The summed E-state index contributed by atoms with van der Waals surface area (Å²) in [5, 5.41) is 13.1. The zero-order chi connectivity index (χ0) is 21.0. The predicted molar refractivity (Wildman–Crippen MR) is 112 cm³/mol. The molecule has 0 saturated carbocycles. The van der Waals surface area contributed by atoms with Gasteiger partial charge in [-0.15, -0.1) is 5.10 Å². The van der Waals surface area contributed by atoms with E-state index in [1.54, 1.807) is 18.0 Å². The minimum atomic E-state index is 0.350. The lowest BCUT2D eigenvalue weighted by Crippen LogP contribution is -2.19. The van der Waals surface area contributed by atoms with Gasteiger partial charge in [-0.05, 0) is 43.2 Å². The van der Waals surface area contributed by atoms with Gasteiger partial charge in [0.2, 0.25) is 0 Å². The van der Waals surface area contributed by atoms with E-state index >= 15 is 0 Å². The highest BCUT2D eigenvalue weighted by Gasteiger charge is 2.18. The molecule has 4 aromatic rings. The van der Waals surface area contributed by atoms with Gasteiger partial charge in [-0.1, -0.05) is 5.21 Å². The van der Waals surface area contributed by atoms with Crippen LogP contribution in [0.5, 0.6) is 5.75 Å². The van der Waals surface area contributed by atoms with Crippen molar-refractivity contribution in [3.8, 4) is 23.0 Å². The quantitative estimate of drug-likeness (QED) is 0.419. The molecule has 1 saturated heterocycles. The van der Waals surface area contributed by atoms with Crippen molar-refractivity contribution in [2.24, 2.45) is 0 Å². The first kappa shape index (κ1) is 19.6. The maximum absolute atomic E-state index is 5.62. The fourth-order valence-corrected chi connectivity index (χ4v) is 3.56. The highest BCUT2D eigenvalue weighted by Crippen LogP contribution is 2.23. The van der Waals surface area contributed by atoms with Gasteiger partial charge >= 0.3 is 0 Å². The van der Waals surface area contributed by atoms with E-state index in [2.05, 4.69) is 15.3 Å². The summed E-state index contributed by atoms with van der Waals surface area (Å²) in [6, 6.07) is 9.89. The molecule has 4 heterocycles. The molecule has 1 aromatic carbocycles. The van der Waals surface area contributed by atoms with Crippen LogP contribution in [0.15, 0.2) is 42.7 Å². The molecule has 0 amide bonds. The van der Waals surface area contributed by atoms with Crippen molar-refractivity contribution in [3.05, 3.63) is 42.7 Å². The van der Waals surface area contributed by atoms with Gasteiger partial charge in [0.25, 0.3) is 0 Å². The molecule has 1 aliphatic heterocycles. The Morgan fingerprint density at radius 2 is 1.94 bits per heavy atom. The van der Waals surface area contributed by atoms with Crippen molar-refractivity contribution in [1.29, 1.82) is 0 Å². The lowest BCUT2D eigenvalue weighted by Gasteiger charge is -2.22. The average molecular weight is 421 g/mol. The number of methoxy groups -OCH3 is 1. The second kappa shape index (κ2) is 8.78. The first-order valence-corrected chi connectivity index (χ1v) is 10.3. The van der Waals surface area contributed by atoms with Crippen molar-refractivity contribution in [2.75, 3.05) is 33.5 Å². The van der Waals surface area contributed by atoms with Gasteiger partial charge in [0.15, 0.2) is 17.0 Å². The van der Waals surface area contributed by atoms with Gasteiger partial charge in [-0.3, -0.25) is 4.68 Å². The third kappa shape index (κ3) is 4.12. The SMILES string of the molecule is COCCOc1ccc(-n2nnc3cnc(-c4ccn(C5CCOCC5)n4)nc32)cc1. The molecule has 10 heteroatoms. The van der Waals surface area contributed by atoms with Crippen LogP contribution in [0.3, 0.4) is 0 Å². The van der Waals surface area contributed by atoms with Gasteiger partial charge in [-0.25, -0.2) is 9.97 Å². The summed E-state index contributed by atoms with van der Waals surface area (Å²) in [7, 11) is 1.65. The summed E-state index contributed by atoms with van der Waals surface area (Å²) in [6.07, 6.45) is 5.58. The Labute approximate surface area is 178 Å². The largest absolute Gasteiger partial charge is 0.491 e. The summed E-state index contributed by atoms with van der Waals surface area (Å²) >= 11 is 0. The van der Waals surface area contributed by atoms with Crippen molar-refractivity contribution >= 4 is 11.2 Å². The highest BCUT2D eigenvalue weighted by molar-refractivity contribution is 5.73. The Morgan fingerprint density at radius 1 is 1.10 bits per heavy atom. The molecular weight excluding hydrogens is 398 g/mol. The van der Waals surface area contributed by atoms with Gasteiger partial charge in [0.05, 0.1) is 24.5 Å². The van der Waals surface area contributed by atoms with Crippen LogP contribution in [0, 0.1) is 0 Å². The number of hydrogen-bond donors (Lipinski definition) is 0. The molecule has 31 heavy (non-hydrogen) atoms. The van der Waals surface area contributed by atoms with Gasteiger partial charge < -0.3 is 14.2 Å². The van der Waals surface area contributed by atoms with E-state index in [-0.39, 0.29) is 0 Å². The van der Waals surface area contributed by atoms with Crippen molar-refractivity contribution in [3.63, 3.8) is 0 Å². The standard InChI is InChI=1S/C21H23N7O3/c1-29-12-13-31-17-4-2-16(3-5-17)28-21-19(24-26-28)14-22-20(23-21)18-6-9-27(25-18)15-7-10-30-11-8-15/h2-6,9,14-15H,7-8,10-13H2,1H3. The molecule has 0 aliphatic carbocycles. The summed E-state index contributed by atoms with van der Waals surface area (Å²) in [6.45, 7) is 2.57. The molecule has 0 unspecified atom stereocenters. The molecule has 0 spiro atoms. The smallest absolute Gasteiger partial charge is 0.187 e. The Balaban J connectivity index is 1.40. The molecule has 0 N–H and O–H groups in total. The number of aromatic nitrogens is 7. The Kier molecular flexibility index (Phi) is 5.55. The number of benzene rings is 1. The number of rotatable bonds is 7. The highest BCUT2D eigenvalue weighted by atomic mass is 16.5. The lowest BCUT2D eigenvalue weighted by molar-refractivity contribution is 0.0663. The fraction of sp³-hybridized carbons (Fsp3) is 0.381. The average Bonchev–Trinajstić information content (AvgIpc) is 3.48. The molecular formula is C21H23N7O3. The Morgan fingerprint density at radius 3 is 2.74 bits per heavy atom. The van der Waals surface area contributed by atoms with E-state index < -0.39 is 0 Å².